The number of aromatic nitrogens is 2. The highest BCUT2D eigenvalue weighted by Crippen LogP contribution is 2.35. The van der Waals surface area contributed by atoms with Crippen LogP contribution in [0.1, 0.15) is 43.7 Å². The Hall–Kier alpha value is -3.06. The topological polar surface area (TPSA) is 70.5 Å². The first-order valence-electron chi connectivity index (χ1n) is 13.2. The average molecular weight is 522 g/mol. The maximum atomic E-state index is 12.6. The highest BCUT2D eigenvalue weighted by molar-refractivity contribution is 6.31. The Kier molecular flexibility index (Phi) is 7.17. The molecule has 2 aromatic heterocycles. The third-order valence-corrected chi connectivity index (χ3v) is 8.29. The molecule has 2 aliphatic rings. The van der Waals surface area contributed by atoms with Crippen LogP contribution in [-0.4, -0.2) is 53.6 Å². The van der Waals surface area contributed by atoms with E-state index in [0.29, 0.717) is 23.4 Å². The molecule has 1 aliphatic heterocycles. The number of hydrogen-bond donors (Lipinski definition) is 1. The molecule has 1 saturated heterocycles. The van der Waals surface area contributed by atoms with Crippen molar-refractivity contribution < 1.29 is 4.79 Å². The summed E-state index contributed by atoms with van der Waals surface area (Å²) in [7, 11) is 5.46. The molecule has 0 unspecified atom stereocenters. The number of nitrogens with zero attached hydrogens (tertiary/aromatic N) is 4. The molecule has 3 heterocycles. The lowest BCUT2D eigenvalue weighted by atomic mass is 9.95. The van der Waals surface area contributed by atoms with E-state index < -0.39 is 0 Å². The predicted octanol–water partition coefficient (Wildman–Crippen LogP) is 4.69. The molecule has 1 aromatic carbocycles. The van der Waals surface area contributed by atoms with Crippen molar-refractivity contribution in [2.45, 2.75) is 45.1 Å². The number of carbonyl (C=O) groups excluding carboxylic acids is 1. The molecule has 37 heavy (non-hydrogen) atoms. The maximum Gasteiger partial charge on any atom is 0.252 e. The SMILES string of the molecule is C[C@@H](Nc1cc(=O)n(C)c2ccc(Cc3cc(N4CCC(C(=O)N(C)C)CC4)ncc3Cl)cc12)C1CC1. The molecule has 0 radical (unpaired) electrons. The van der Waals surface area contributed by atoms with Gasteiger partial charge in [0.2, 0.25) is 5.91 Å². The molecule has 3 aromatic rings. The minimum absolute atomic E-state index is 0.0105. The number of anilines is 2. The molecule has 1 aliphatic carbocycles. The Labute approximate surface area is 223 Å². The minimum atomic E-state index is -0.0105. The van der Waals surface area contributed by atoms with Crippen molar-refractivity contribution in [3.8, 4) is 0 Å². The van der Waals surface area contributed by atoms with Gasteiger partial charge in [-0.25, -0.2) is 4.98 Å². The van der Waals surface area contributed by atoms with Crippen LogP contribution in [0.5, 0.6) is 0 Å². The minimum Gasteiger partial charge on any atom is -0.382 e. The van der Waals surface area contributed by atoms with Crippen LogP contribution in [0.4, 0.5) is 11.5 Å². The van der Waals surface area contributed by atoms with Crippen molar-refractivity contribution in [2.24, 2.45) is 18.9 Å². The molecular weight excluding hydrogens is 486 g/mol. The van der Waals surface area contributed by atoms with Gasteiger partial charge in [-0.15, -0.1) is 0 Å². The second-order valence-electron chi connectivity index (χ2n) is 10.9. The lowest BCUT2D eigenvalue weighted by Gasteiger charge is -2.33. The lowest BCUT2D eigenvalue weighted by molar-refractivity contribution is -0.133. The number of carbonyl (C=O) groups is 1. The summed E-state index contributed by atoms with van der Waals surface area (Å²) in [5, 5.41) is 5.29. The van der Waals surface area contributed by atoms with Crippen molar-refractivity contribution in [3.63, 3.8) is 0 Å². The number of fused-ring (bicyclic) bond motifs is 1. The number of nitrogens with one attached hydrogen (secondary N) is 1. The maximum absolute atomic E-state index is 12.6. The van der Waals surface area contributed by atoms with Crippen LogP contribution < -0.4 is 15.8 Å². The summed E-state index contributed by atoms with van der Waals surface area (Å²) in [4.78, 5) is 33.5. The Bertz CT molecular complexity index is 1370. The first kappa shape index (κ1) is 25.6. The molecule has 0 spiro atoms. The number of halogens is 1. The molecule has 196 valence electrons. The van der Waals surface area contributed by atoms with E-state index in [-0.39, 0.29) is 17.4 Å². The van der Waals surface area contributed by atoms with Gasteiger partial charge in [0.05, 0.1) is 10.5 Å². The van der Waals surface area contributed by atoms with E-state index in [0.717, 1.165) is 59.5 Å². The molecule has 1 atom stereocenters. The summed E-state index contributed by atoms with van der Waals surface area (Å²) < 4.78 is 1.70. The average Bonchev–Trinajstić information content (AvgIpc) is 3.74. The molecule has 7 nitrogen and oxygen atoms in total. The van der Waals surface area contributed by atoms with Gasteiger partial charge in [0.1, 0.15) is 5.82 Å². The van der Waals surface area contributed by atoms with Crippen LogP contribution in [0, 0.1) is 11.8 Å². The van der Waals surface area contributed by atoms with Crippen LogP contribution in [0.25, 0.3) is 10.9 Å². The highest BCUT2D eigenvalue weighted by atomic mass is 35.5. The monoisotopic (exact) mass is 521 g/mol. The Morgan fingerprint density at radius 1 is 1.16 bits per heavy atom. The van der Waals surface area contributed by atoms with Crippen molar-refractivity contribution >= 4 is 39.9 Å². The van der Waals surface area contributed by atoms with Gasteiger partial charge in [-0.1, -0.05) is 17.7 Å². The van der Waals surface area contributed by atoms with Crippen LogP contribution in [0.2, 0.25) is 5.02 Å². The van der Waals surface area contributed by atoms with Gasteiger partial charge in [-0.05, 0) is 74.3 Å². The van der Waals surface area contributed by atoms with E-state index in [1.54, 1.807) is 21.7 Å². The standard InChI is InChI=1S/C29H36ClN5O2/c1-18(20-6-7-20)32-25-16-28(36)34(4)26-8-5-19(14-23(25)26)13-22-15-27(31-17-24(22)30)35-11-9-21(10-12-35)29(37)33(2)3/h5,8,14-18,20-21,32H,6-7,9-13H2,1-4H3/t18-/m1/s1. The van der Waals surface area contributed by atoms with Crippen molar-refractivity contribution in [1.29, 1.82) is 0 Å². The third-order valence-electron chi connectivity index (χ3n) is 7.95. The fourth-order valence-corrected chi connectivity index (χ4v) is 5.58. The van der Waals surface area contributed by atoms with E-state index >= 15 is 0 Å². The first-order valence-corrected chi connectivity index (χ1v) is 13.6. The van der Waals surface area contributed by atoms with Crippen LogP contribution in [-0.2, 0) is 18.3 Å². The fourth-order valence-electron chi connectivity index (χ4n) is 5.41. The zero-order chi connectivity index (χ0) is 26.3. The van der Waals surface area contributed by atoms with Gasteiger partial charge in [0.25, 0.3) is 5.56 Å². The normalized spacial score (nSPS) is 17.2. The number of aryl methyl sites for hydroxylation is 1. The first-order chi connectivity index (χ1) is 17.7. The molecular formula is C29H36ClN5O2. The number of piperidine rings is 1. The van der Waals surface area contributed by atoms with E-state index in [4.69, 9.17) is 11.6 Å². The molecule has 1 saturated carbocycles. The smallest absolute Gasteiger partial charge is 0.252 e. The number of amides is 1. The summed E-state index contributed by atoms with van der Waals surface area (Å²) in [5.41, 5.74) is 3.95. The van der Waals surface area contributed by atoms with E-state index in [9.17, 15) is 9.59 Å². The number of hydrogen-bond acceptors (Lipinski definition) is 5. The van der Waals surface area contributed by atoms with Crippen LogP contribution >= 0.6 is 11.6 Å². The number of benzene rings is 1. The van der Waals surface area contributed by atoms with Gasteiger partial charge >= 0.3 is 0 Å². The van der Waals surface area contributed by atoms with Gasteiger partial charge in [0.15, 0.2) is 0 Å². The molecule has 8 heteroatoms. The van der Waals surface area contributed by atoms with Crippen LogP contribution in [0.3, 0.4) is 0 Å². The van der Waals surface area contributed by atoms with Gasteiger partial charge in [-0.2, -0.15) is 0 Å². The van der Waals surface area contributed by atoms with E-state index in [2.05, 4.69) is 40.3 Å². The van der Waals surface area contributed by atoms with Gasteiger partial charge < -0.3 is 19.7 Å². The zero-order valence-electron chi connectivity index (χ0n) is 22.1. The van der Waals surface area contributed by atoms with E-state index in [1.165, 1.54) is 12.8 Å². The second kappa shape index (κ2) is 10.4. The summed E-state index contributed by atoms with van der Waals surface area (Å²) >= 11 is 6.60. The van der Waals surface area contributed by atoms with E-state index in [1.807, 2.05) is 27.2 Å². The van der Waals surface area contributed by atoms with Gasteiger partial charge in [-0.3, -0.25) is 9.59 Å². The third kappa shape index (κ3) is 5.47. The molecule has 2 fully saturated rings. The van der Waals surface area contributed by atoms with Crippen molar-refractivity contribution in [1.82, 2.24) is 14.5 Å². The zero-order valence-corrected chi connectivity index (χ0v) is 22.9. The fraction of sp³-hybridized carbons (Fsp3) is 0.483. The number of rotatable bonds is 7. The highest BCUT2D eigenvalue weighted by Gasteiger charge is 2.29. The predicted molar refractivity (Wildman–Crippen MR) is 151 cm³/mol. The summed E-state index contributed by atoms with van der Waals surface area (Å²) in [6.45, 7) is 3.80. The van der Waals surface area contributed by atoms with Crippen molar-refractivity contribution in [3.05, 3.63) is 63.0 Å². The summed E-state index contributed by atoms with van der Waals surface area (Å²) in [5.74, 6) is 1.87. The van der Waals surface area contributed by atoms with Crippen LogP contribution in [0.15, 0.2) is 41.3 Å². The second-order valence-corrected chi connectivity index (χ2v) is 11.3. The molecule has 0 bridgehead atoms. The quantitative estimate of drug-likeness (QED) is 0.488. The molecule has 1 amide bonds. The lowest BCUT2D eigenvalue weighted by Crippen LogP contribution is -2.40. The molecule has 1 N–H and O–H groups in total. The summed E-state index contributed by atoms with van der Waals surface area (Å²) in [6, 6.07) is 10.4. The Balaban J connectivity index is 1.38. The Morgan fingerprint density at radius 3 is 2.57 bits per heavy atom. The Morgan fingerprint density at radius 2 is 1.89 bits per heavy atom. The number of pyridine rings is 2. The van der Waals surface area contributed by atoms with Gasteiger partial charge in [0, 0.05) is 69.5 Å². The largest absolute Gasteiger partial charge is 0.382 e. The summed E-state index contributed by atoms with van der Waals surface area (Å²) in [6.07, 6.45) is 6.55. The van der Waals surface area contributed by atoms with Crippen molar-refractivity contribution in [2.75, 3.05) is 37.4 Å². The molecule has 5 rings (SSSR count).